The van der Waals surface area contributed by atoms with E-state index in [4.69, 9.17) is 4.74 Å². The van der Waals surface area contributed by atoms with Crippen molar-refractivity contribution in [2.24, 2.45) is 11.8 Å². The van der Waals surface area contributed by atoms with Crippen LogP contribution in [0.2, 0.25) is 0 Å². The van der Waals surface area contributed by atoms with Gasteiger partial charge in [-0.25, -0.2) is 13.1 Å². The van der Waals surface area contributed by atoms with E-state index in [2.05, 4.69) is 34.1 Å². The number of ether oxygens (including phenoxy) is 1. The molecule has 3 atom stereocenters. The minimum atomic E-state index is -3.70. The second-order valence-electron chi connectivity index (χ2n) is 7.59. The smallest absolute Gasteiger partial charge is 0.269 e. The summed E-state index contributed by atoms with van der Waals surface area (Å²) in [6.45, 7) is 4.39. The molecule has 1 aliphatic rings. The average molecular weight is 421 g/mol. The van der Waals surface area contributed by atoms with Crippen LogP contribution in [0.25, 0.3) is 11.3 Å². The molecule has 3 N–H and O–H groups in total. The van der Waals surface area contributed by atoms with Gasteiger partial charge >= 0.3 is 0 Å². The Morgan fingerprint density at radius 1 is 1.24 bits per heavy atom. The van der Waals surface area contributed by atoms with Gasteiger partial charge in [0.1, 0.15) is 16.3 Å². The minimum Gasteiger partial charge on any atom is -0.495 e. The topological polar surface area (TPSA) is 113 Å². The van der Waals surface area contributed by atoms with Crippen LogP contribution in [0, 0.1) is 11.8 Å². The predicted octanol–water partition coefficient (Wildman–Crippen LogP) is 2.55. The molecule has 1 aromatic carbocycles. The van der Waals surface area contributed by atoms with Crippen LogP contribution in [-0.2, 0) is 10.0 Å². The molecule has 0 aliphatic heterocycles. The van der Waals surface area contributed by atoms with Crippen LogP contribution in [0.15, 0.2) is 29.2 Å². The molecular formula is C20H28N4O4S. The number of methoxy groups -OCH3 is 1. The Morgan fingerprint density at radius 2 is 2.00 bits per heavy atom. The first kappa shape index (κ1) is 21.3. The van der Waals surface area contributed by atoms with E-state index in [1.165, 1.54) is 26.6 Å². The molecule has 29 heavy (non-hydrogen) atoms. The van der Waals surface area contributed by atoms with Gasteiger partial charge in [0.2, 0.25) is 10.0 Å². The van der Waals surface area contributed by atoms with Crippen LogP contribution in [0.4, 0.5) is 0 Å². The van der Waals surface area contributed by atoms with E-state index in [0.29, 0.717) is 28.8 Å². The summed E-state index contributed by atoms with van der Waals surface area (Å²) in [5.41, 5.74) is 1.39. The highest BCUT2D eigenvalue weighted by Gasteiger charge is 2.29. The zero-order chi connectivity index (χ0) is 21.2. The second-order valence-corrected chi connectivity index (χ2v) is 9.44. The standard InChI is InChI=1S/C20H28N4O4S/c1-12-6-5-7-15(13(12)2)22-20(25)17-11-16(23-24-17)14-8-9-18(28-4)19(10-14)29(26,27)21-3/h8-13,15,21H,5-7H2,1-4H3,(H,22,25)(H,23,24)/t12-,13+,15-/m1/s1. The van der Waals surface area contributed by atoms with Gasteiger partial charge in [-0.15, -0.1) is 0 Å². The molecule has 158 valence electrons. The number of amides is 1. The maximum atomic E-state index is 12.7. The number of nitrogens with zero attached hydrogens (tertiary/aromatic N) is 1. The van der Waals surface area contributed by atoms with Crippen molar-refractivity contribution in [1.29, 1.82) is 0 Å². The number of carbonyl (C=O) groups excluding carboxylic acids is 1. The normalized spacial score (nSPS) is 22.3. The largest absolute Gasteiger partial charge is 0.495 e. The molecule has 0 unspecified atom stereocenters. The van der Waals surface area contributed by atoms with Crippen LogP contribution in [0.3, 0.4) is 0 Å². The van der Waals surface area contributed by atoms with E-state index in [-0.39, 0.29) is 22.6 Å². The highest BCUT2D eigenvalue weighted by atomic mass is 32.2. The van der Waals surface area contributed by atoms with Crippen molar-refractivity contribution in [2.45, 2.75) is 44.0 Å². The lowest BCUT2D eigenvalue weighted by Gasteiger charge is -2.34. The van der Waals surface area contributed by atoms with Gasteiger partial charge in [0.15, 0.2) is 0 Å². The Bertz CT molecular complexity index is 986. The van der Waals surface area contributed by atoms with Gasteiger partial charge < -0.3 is 10.1 Å². The van der Waals surface area contributed by atoms with Gasteiger partial charge in [-0.2, -0.15) is 5.10 Å². The van der Waals surface area contributed by atoms with Crippen molar-refractivity contribution in [3.8, 4) is 17.0 Å². The fourth-order valence-electron chi connectivity index (χ4n) is 3.77. The van der Waals surface area contributed by atoms with Crippen LogP contribution >= 0.6 is 0 Å². The highest BCUT2D eigenvalue weighted by molar-refractivity contribution is 7.89. The number of sulfonamides is 1. The van der Waals surface area contributed by atoms with Crippen LogP contribution in [0.5, 0.6) is 5.75 Å². The number of aromatic nitrogens is 2. The second kappa shape index (κ2) is 8.54. The lowest BCUT2D eigenvalue weighted by Crippen LogP contribution is -2.43. The third-order valence-electron chi connectivity index (χ3n) is 5.86. The first-order valence-corrected chi connectivity index (χ1v) is 11.2. The number of aromatic amines is 1. The number of hydrogen-bond acceptors (Lipinski definition) is 5. The molecule has 0 bridgehead atoms. The number of hydrogen-bond donors (Lipinski definition) is 3. The van der Waals surface area contributed by atoms with Crippen LogP contribution in [0.1, 0.15) is 43.6 Å². The molecule has 8 nitrogen and oxygen atoms in total. The number of nitrogens with one attached hydrogen (secondary N) is 3. The zero-order valence-corrected chi connectivity index (χ0v) is 18.0. The lowest BCUT2D eigenvalue weighted by molar-refractivity contribution is 0.0886. The van der Waals surface area contributed by atoms with Gasteiger partial charge in [0, 0.05) is 11.6 Å². The molecule has 1 amide bonds. The molecule has 1 aromatic heterocycles. The summed E-state index contributed by atoms with van der Waals surface area (Å²) in [5, 5.41) is 10.1. The molecule has 1 saturated carbocycles. The zero-order valence-electron chi connectivity index (χ0n) is 17.2. The monoisotopic (exact) mass is 420 g/mol. The predicted molar refractivity (Wildman–Crippen MR) is 110 cm³/mol. The molecule has 2 aromatic rings. The molecule has 1 fully saturated rings. The van der Waals surface area contributed by atoms with Gasteiger partial charge in [-0.3, -0.25) is 9.89 Å². The van der Waals surface area contributed by atoms with Crippen molar-refractivity contribution in [2.75, 3.05) is 14.2 Å². The Hall–Kier alpha value is -2.39. The number of rotatable bonds is 6. The van der Waals surface area contributed by atoms with E-state index in [1.807, 2.05) is 0 Å². The quantitative estimate of drug-likeness (QED) is 0.665. The molecule has 1 heterocycles. The van der Waals surface area contributed by atoms with Crippen molar-refractivity contribution in [3.05, 3.63) is 30.0 Å². The Labute approximate surface area is 171 Å². The average Bonchev–Trinajstić information content (AvgIpc) is 3.21. The third kappa shape index (κ3) is 4.45. The molecule has 3 rings (SSSR count). The fourth-order valence-corrected chi connectivity index (χ4v) is 4.69. The maximum absolute atomic E-state index is 12.7. The number of carbonyl (C=O) groups is 1. The molecule has 1 aliphatic carbocycles. The molecule has 0 radical (unpaired) electrons. The van der Waals surface area contributed by atoms with Crippen molar-refractivity contribution >= 4 is 15.9 Å². The minimum absolute atomic E-state index is 0.0130. The van der Waals surface area contributed by atoms with Crippen molar-refractivity contribution in [3.63, 3.8) is 0 Å². The van der Waals surface area contributed by atoms with Gasteiger partial charge in [0.25, 0.3) is 5.91 Å². The highest BCUT2D eigenvalue weighted by Crippen LogP contribution is 2.31. The Balaban J connectivity index is 1.83. The van der Waals surface area contributed by atoms with E-state index in [9.17, 15) is 13.2 Å². The van der Waals surface area contributed by atoms with E-state index < -0.39 is 10.0 Å². The summed E-state index contributed by atoms with van der Waals surface area (Å²) in [6, 6.07) is 6.53. The number of H-pyrrole nitrogens is 1. The molecule has 0 saturated heterocycles. The number of benzene rings is 1. The van der Waals surface area contributed by atoms with Crippen molar-refractivity contribution in [1.82, 2.24) is 20.2 Å². The van der Waals surface area contributed by atoms with Crippen molar-refractivity contribution < 1.29 is 17.9 Å². The molecular weight excluding hydrogens is 392 g/mol. The summed E-state index contributed by atoms with van der Waals surface area (Å²) in [6.07, 6.45) is 3.28. The Morgan fingerprint density at radius 3 is 2.69 bits per heavy atom. The summed E-state index contributed by atoms with van der Waals surface area (Å²) in [5.74, 6) is 1.03. The van der Waals surface area contributed by atoms with Crippen LogP contribution < -0.4 is 14.8 Å². The summed E-state index contributed by atoms with van der Waals surface area (Å²) >= 11 is 0. The van der Waals surface area contributed by atoms with Gasteiger partial charge in [0.05, 0.1) is 12.8 Å². The molecule has 9 heteroatoms. The third-order valence-corrected chi connectivity index (χ3v) is 7.30. The summed E-state index contributed by atoms with van der Waals surface area (Å²) in [7, 11) is -0.954. The van der Waals surface area contributed by atoms with Gasteiger partial charge in [-0.05, 0) is 49.6 Å². The first-order chi connectivity index (χ1) is 13.8. The first-order valence-electron chi connectivity index (χ1n) is 9.75. The van der Waals surface area contributed by atoms with E-state index in [0.717, 1.165) is 12.8 Å². The molecule has 0 spiro atoms. The SMILES string of the molecule is CNS(=O)(=O)c1cc(-c2cc(C(=O)N[C@@H]3CCC[C@@H](C)[C@@H]3C)[nH]n2)ccc1OC. The van der Waals surface area contributed by atoms with E-state index in [1.54, 1.807) is 18.2 Å². The lowest BCUT2D eigenvalue weighted by atomic mass is 9.78. The Kier molecular flexibility index (Phi) is 6.28. The van der Waals surface area contributed by atoms with E-state index >= 15 is 0 Å². The van der Waals surface area contributed by atoms with Crippen LogP contribution in [-0.4, -0.2) is 44.7 Å². The summed E-state index contributed by atoms with van der Waals surface area (Å²) < 4.78 is 32.0. The maximum Gasteiger partial charge on any atom is 0.269 e. The fraction of sp³-hybridized carbons (Fsp3) is 0.500. The summed E-state index contributed by atoms with van der Waals surface area (Å²) in [4.78, 5) is 12.7. The van der Waals surface area contributed by atoms with Gasteiger partial charge in [-0.1, -0.05) is 26.7 Å².